The molecule has 0 unspecified atom stereocenters. The molecule has 118 valence electrons. The molecular weight excluding hydrogens is 296 g/mol. The summed E-state index contributed by atoms with van der Waals surface area (Å²) >= 11 is 0. The first kappa shape index (κ1) is 15.3. The molecule has 0 aliphatic carbocycles. The molecule has 1 saturated heterocycles. The highest BCUT2D eigenvalue weighted by atomic mass is 32.2. The van der Waals surface area contributed by atoms with Crippen LogP contribution in [0.5, 0.6) is 0 Å². The van der Waals surface area contributed by atoms with Gasteiger partial charge in [-0.05, 0) is 25.0 Å². The summed E-state index contributed by atoms with van der Waals surface area (Å²) in [6.07, 6.45) is 3.02. The van der Waals surface area contributed by atoms with Crippen molar-refractivity contribution in [1.82, 2.24) is 4.31 Å². The first-order valence-electron chi connectivity index (χ1n) is 7.71. The topological polar surface area (TPSA) is 40.6 Å². The van der Waals surface area contributed by atoms with Gasteiger partial charge in [0.15, 0.2) is 0 Å². The SMILES string of the molecule is CN(C)c1cccc2c(S(=O)(=O)N3CCCCC3)cccc12. The lowest BCUT2D eigenvalue weighted by molar-refractivity contribution is 0.347. The fourth-order valence-corrected chi connectivity index (χ4v) is 4.85. The zero-order valence-corrected chi connectivity index (χ0v) is 13.9. The van der Waals surface area contributed by atoms with Crippen LogP contribution in [-0.2, 0) is 10.0 Å². The maximum atomic E-state index is 13.0. The summed E-state index contributed by atoms with van der Waals surface area (Å²) in [5.41, 5.74) is 1.04. The molecule has 1 fully saturated rings. The van der Waals surface area contributed by atoms with Crippen LogP contribution in [0.1, 0.15) is 19.3 Å². The van der Waals surface area contributed by atoms with Crippen molar-refractivity contribution in [3.05, 3.63) is 36.4 Å². The number of rotatable bonds is 3. The number of hydrogen-bond donors (Lipinski definition) is 0. The molecule has 0 radical (unpaired) electrons. The average Bonchev–Trinajstić information content (AvgIpc) is 2.54. The molecule has 2 aromatic rings. The van der Waals surface area contributed by atoms with E-state index in [0.717, 1.165) is 35.7 Å². The second kappa shape index (κ2) is 5.89. The summed E-state index contributed by atoms with van der Waals surface area (Å²) in [6.45, 7) is 1.26. The lowest BCUT2D eigenvalue weighted by Crippen LogP contribution is -2.35. The summed E-state index contributed by atoms with van der Waals surface area (Å²) in [5, 5.41) is 1.78. The van der Waals surface area contributed by atoms with Gasteiger partial charge in [-0.15, -0.1) is 0 Å². The Balaban J connectivity index is 2.17. The maximum absolute atomic E-state index is 13.0. The van der Waals surface area contributed by atoms with Crippen molar-refractivity contribution >= 4 is 26.5 Å². The highest BCUT2D eigenvalue weighted by molar-refractivity contribution is 7.89. The fourth-order valence-electron chi connectivity index (χ4n) is 3.12. The van der Waals surface area contributed by atoms with Gasteiger partial charge in [-0.1, -0.05) is 30.7 Å². The Bertz CT molecular complexity index is 778. The zero-order chi connectivity index (χ0) is 15.7. The Labute approximate surface area is 132 Å². The third-order valence-corrected chi connectivity index (χ3v) is 6.23. The predicted octanol–water partition coefficient (Wildman–Crippen LogP) is 3.08. The molecule has 1 aliphatic rings. The van der Waals surface area contributed by atoms with E-state index >= 15 is 0 Å². The number of sulfonamides is 1. The lowest BCUT2D eigenvalue weighted by Gasteiger charge is -2.26. The van der Waals surface area contributed by atoms with E-state index in [1.807, 2.05) is 49.3 Å². The van der Waals surface area contributed by atoms with Crippen LogP contribution in [0.15, 0.2) is 41.3 Å². The second-order valence-corrected chi connectivity index (χ2v) is 7.89. The minimum Gasteiger partial charge on any atom is -0.377 e. The summed E-state index contributed by atoms with van der Waals surface area (Å²) in [7, 11) is 0.529. The third-order valence-electron chi connectivity index (χ3n) is 4.27. The lowest BCUT2D eigenvalue weighted by atomic mass is 10.1. The molecule has 1 aliphatic heterocycles. The molecule has 22 heavy (non-hydrogen) atoms. The van der Waals surface area contributed by atoms with Gasteiger partial charge in [-0.2, -0.15) is 4.31 Å². The van der Waals surface area contributed by atoms with Crippen LogP contribution in [-0.4, -0.2) is 39.9 Å². The van der Waals surface area contributed by atoms with Crippen LogP contribution in [0.25, 0.3) is 10.8 Å². The van der Waals surface area contributed by atoms with Gasteiger partial charge in [0.05, 0.1) is 4.90 Å². The van der Waals surface area contributed by atoms with Gasteiger partial charge in [0.2, 0.25) is 10.0 Å². The number of anilines is 1. The molecule has 0 saturated carbocycles. The first-order chi connectivity index (χ1) is 10.5. The molecule has 1 heterocycles. The van der Waals surface area contributed by atoms with Crippen molar-refractivity contribution in [2.75, 3.05) is 32.1 Å². The molecule has 0 bridgehead atoms. The van der Waals surface area contributed by atoms with Crippen LogP contribution < -0.4 is 4.90 Å². The molecule has 4 nitrogen and oxygen atoms in total. The number of piperidine rings is 1. The number of nitrogens with zero attached hydrogens (tertiary/aromatic N) is 2. The molecule has 5 heteroatoms. The van der Waals surface area contributed by atoms with Crippen molar-refractivity contribution in [1.29, 1.82) is 0 Å². The van der Waals surface area contributed by atoms with Gasteiger partial charge >= 0.3 is 0 Å². The molecule has 0 amide bonds. The minimum atomic E-state index is -3.42. The van der Waals surface area contributed by atoms with Crippen molar-refractivity contribution in [2.45, 2.75) is 24.2 Å². The van der Waals surface area contributed by atoms with E-state index in [2.05, 4.69) is 0 Å². The summed E-state index contributed by atoms with van der Waals surface area (Å²) in [5.74, 6) is 0. The standard InChI is InChI=1S/C17H22N2O2S/c1-18(2)16-10-6-9-15-14(16)8-7-11-17(15)22(20,21)19-12-4-3-5-13-19/h6-11H,3-5,12-13H2,1-2H3. The van der Waals surface area contributed by atoms with E-state index in [-0.39, 0.29) is 0 Å². The second-order valence-electron chi connectivity index (χ2n) is 5.99. The highest BCUT2D eigenvalue weighted by Gasteiger charge is 2.27. The quantitative estimate of drug-likeness (QED) is 0.873. The molecule has 0 atom stereocenters. The largest absolute Gasteiger partial charge is 0.377 e. The van der Waals surface area contributed by atoms with Crippen molar-refractivity contribution < 1.29 is 8.42 Å². The molecule has 2 aromatic carbocycles. The monoisotopic (exact) mass is 318 g/mol. The van der Waals surface area contributed by atoms with Gasteiger partial charge < -0.3 is 4.90 Å². The normalized spacial score (nSPS) is 16.8. The number of hydrogen-bond acceptors (Lipinski definition) is 3. The molecule has 0 aromatic heterocycles. The molecule has 0 N–H and O–H groups in total. The maximum Gasteiger partial charge on any atom is 0.243 e. The summed E-state index contributed by atoms with van der Waals surface area (Å²) < 4.78 is 27.6. The van der Waals surface area contributed by atoms with Gasteiger partial charge in [-0.25, -0.2) is 8.42 Å². The Morgan fingerprint density at radius 3 is 2.23 bits per heavy atom. The smallest absolute Gasteiger partial charge is 0.243 e. The Hall–Kier alpha value is -1.59. The van der Waals surface area contributed by atoms with Gasteiger partial charge in [0, 0.05) is 43.6 Å². The summed E-state index contributed by atoms with van der Waals surface area (Å²) in [6, 6.07) is 11.4. The first-order valence-corrected chi connectivity index (χ1v) is 9.15. The van der Waals surface area contributed by atoms with E-state index in [9.17, 15) is 8.42 Å². The van der Waals surface area contributed by atoms with E-state index in [1.54, 1.807) is 10.4 Å². The van der Waals surface area contributed by atoms with Crippen molar-refractivity contribution in [3.8, 4) is 0 Å². The Morgan fingerprint density at radius 1 is 0.909 bits per heavy atom. The highest BCUT2D eigenvalue weighted by Crippen LogP contribution is 2.32. The van der Waals surface area contributed by atoms with E-state index in [1.165, 1.54) is 0 Å². The van der Waals surface area contributed by atoms with Crippen LogP contribution in [0, 0.1) is 0 Å². The summed E-state index contributed by atoms with van der Waals surface area (Å²) in [4.78, 5) is 2.44. The van der Waals surface area contributed by atoms with Crippen molar-refractivity contribution in [3.63, 3.8) is 0 Å². The Kier molecular flexibility index (Phi) is 4.10. The molecule has 0 spiro atoms. The van der Waals surface area contributed by atoms with Crippen LogP contribution >= 0.6 is 0 Å². The molecule has 3 rings (SSSR count). The van der Waals surface area contributed by atoms with Gasteiger partial charge in [-0.3, -0.25) is 0 Å². The predicted molar refractivity (Wildman–Crippen MR) is 90.9 cm³/mol. The zero-order valence-electron chi connectivity index (χ0n) is 13.1. The van der Waals surface area contributed by atoms with Gasteiger partial charge in [0.25, 0.3) is 0 Å². The number of benzene rings is 2. The number of fused-ring (bicyclic) bond motifs is 1. The van der Waals surface area contributed by atoms with Crippen molar-refractivity contribution in [2.24, 2.45) is 0 Å². The average molecular weight is 318 g/mol. The van der Waals surface area contributed by atoms with Crippen LogP contribution in [0.4, 0.5) is 5.69 Å². The van der Waals surface area contributed by atoms with Gasteiger partial charge in [0.1, 0.15) is 0 Å². The van der Waals surface area contributed by atoms with Crippen LogP contribution in [0.2, 0.25) is 0 Å². The van der Waals surface area contributed by atoms with E-state index in [0.29, 0.717) is 18.0 Å². The Morgan fingerprint density at radius 2 is 1.55 bits per heavy atom. The molecular formula is C17H22N2O2S. The third kappa shape index (κ3) is 2.59. The minimum absolute atomic E-state index is 0.426. The van der Waals surface area contributed by atoms with E-state index in [4.69, 9.17) is 0 Å². The van der Waals surface area contributed by atoms with Crippen LogP contribution in [0.3, 0.4) is 0 Å². The fraction of sp³-hybridized carbons (Fsp3) is 0.412. The van der Waals surface area contributed by atoms with E-state index < -0.39 is 10.0 Å².